The fourth-order valence-corrected chi connectivity index (χ4v) is 2.41. The van der Waals surface area contributed by atoms with Gasteiger partial charge in [0.15, 0.2) is 0 Å². The molecule has 0 bridgehead atoms. The maximum Gasteiger partial charge on any atom is 0.119 e. The van der Waals surface area contributed by atoms with E-state index in [0.29, 0.717) is 0 Å². The van der Waals surface area contributed by atoms with Gasteiger partial charge in [0.05, 0.1) is 7.11 Å². The van der Waals surface area contributed by atoms with Gasteiger partial charge in [-0.3, -0.25) is 0 Å². The maximum atomic E-state index is 5.16. The highest BCUT2D eigenvalue weighted by molar-refractivity contribution is 5.46. The minimum atomic E-state index is 0.803. The van der Waals surface area contributed by atoms with Crippen molar-refractivity contribution in [2.45, 2.75) is 32.1 Å². The van der Waals surface area contributed by atoms with Crippen molar-refractivity contribution in [2.24, 2.45) is 5.92 Å². The summed E-state index contributed by atoms with van der Waals surface area (Å²) >= 11 is 0. The largest absolute Gasteiger partial charge is 0.497 e. The summed E-state index contributed by atoms with van der Waals surface area (Å²) in [5.41, 5.74) is 1.19. The van der Waals surface area contributed by atoms with Crippen LogP contribution in [0.3, 0.4) is 0 Å². The number of benzene rings is 1. The summed E-state index contributed by atoms with van der Waals surface area (Å²) in [5, 5.41) is 3.53. The SMILES string of the molecule is COc1ccc(NCC2CCC=CCCC2)cc1. The van der Waals surface area contributed by atoms with Crippen LogP contribution < -0.4 is 10.1 Å². The molecule has 0 heterocycles. The van der Waals surface area contributed by atoms with Crippen molar-refractivity contribution in [1.82, 2.24) is 0 Å². The summed E-state index contributed by atoms with van der Waals surface area (Å²) in [6, 6.07) is 8.18. The van der Waals surface area contributed by atoms with Crippen LogP contribution in [0.1, 0.15) is 32.1 Å². The lowest BCUT2D eigenvalue weighted by atomic mass is 9.94. The highest BCUT2D eigenvalue weighted by Gasteiger charge is 2.09. The fourth-order valence-electron chi connectivity index (χ4n) is 2.41. The van der Waals surface area contributed by atoms with Gasteiger partial charge in [-0.15, -0.1) is 0 Å². The van der Waals surface area contributed by atoms with E-state index in [2.05, 4.69) is 29.6 Å². The smallest absolute Gasteiger partial charge is 0.119 e. The first-order chi connectivity index (χ1) is 8.88. The van der Waals surface area contributed by atoms with Gasteiger partial charge < -0.3 is 10.1 Å². The van der Waals surface area contributed by atoms with Crippen molar-refractivity contribution >= 4 is 5.69 Å². The van der Waals surface area contributed by atoms with E-state index in [1.807, 2.05) is 12.1 Å². The lowest BCUT2D eigenvalue weighted by Gasteiger charge is -2.18. The summed E-state index contributed by atoms with van der Waals surface area (Å²) in [7, 11) is 1.70. The van der Waals surface area contributed by atoms with Crippen LogP contribution in [0.4, 0.5) is 5.69 Å². The fraction of sp³-hybridized carbons (Fsp3) is 0.500. The zero-order valence-electron chi connectivity index (χ0n) is 11.2. The molecule has 0 amide bonds. The predicted molar refractivity (Wildman–Crippen MR) is 77.2 cm³/mol. The number of anilines is 1. The summed E-state index contributed by atoms with van der Waals surface area (Å²) < 4.78 is 5.16. The molecule has 1 aromatic rings. The van der Waals surface area contributed by atoms with Crippen LogP contribution in [0, 0.1) is 5.92 Å². The van der Waals surface area contributed by atoms with E-state index in [9.17, 15) is 0 Å². The monoisotopic (exact) mass is 245 g/mol. The van der Waals surface area contributed by atoms with E-state index in [1.54, 1.807) is 7.11 Å². The number of nitrogens with one attached hydrogen (secondary N) is 1. The molecule has 0 saturated heterocycles. The van der Waals surface area contributed by atoms with Gasteiger partial charge in [0.1, 0.15) is 5.75 Å². The number of allylic oxidation sites excluding steroid dienone is 2. The van der Waals surface area contributed by atoms with Crippen LogP contribution in [0.2, 0.25) is 0 Å². The van der Waals surface area contributed by atoms with Gasteiger partial charge in [-0.1, -0.05) is 12.2 Å². The Kier molecular flexibility index (Phi) is 5.13. The third-order valence-corrected chi connectivity index (χ3v) is 3.58. The van der Waals surface area contributed by atoms with Gasteiger partial charge in [-0.2, -0.15) is 0 Å². The molecule has 0 saturated carbocycles. The third-order valence-electron chi connectivity index (χ3n) is 3.58. The van der Waals surface area contributed by atoms with E-state index in [-0.39, 0.29) is 0 Å². The first kappa shape index (κ1) is 13.0. The summed E-state index contributed by atoms with van der Waals surface area (Å²) in [6.45, 7) is 1.08. The Balaban J connectivity index is 1.80. The molecule has 0 aliphatic heterocycles. The Hall–Kier alpha value is -1.44. The van der Waals surface area contributed by atoms with E-state index in [4.69, 9.17) is 4.74 Å². The highest BCUT2D eigenvalue weighted by Crippen LogP contribution is 2.20. The summed E-state index contributed by atoms with van der Waals surface area (Å²) in [4.78, 5) is 0. The molecule has 0 aromatic heterocycles. The zero-order valence-corrected chi connectivity index (χ0v) is 11.2. The van der Waals surface area contributed by atoms with E-state index in [1.165, 1.54) is 37.8 Å². The Morgan fingerprint density at radius 2 is 1.89 bits per heavy atom. The van der Waals surface area contributed by atoms with Crippen LogP contribution in [0.25, 0.3) is 0 Å². The second-order valence-electron chi connectivity index (χ2n) is 4.96. The molecule has 0 radical (unpaired) electrons. The first-order valence-corrected chi connectivity index (χ1v) is 6.91. The van der Waals surface area contributed by atoms with Crippen LogP contribution in [-0.4, -0.2) is 13.7 Å². The molecule has 18 heavy (non-hydrogen) atoms. The molecule has 1 N–H and O–H groups in total. The minimum absolute atomic E-state index is 0.803. The van der Waals surface area contributed by atoms with Crippen molar-refractivity contribution in [3.63, 3.8) is 0 Å². The molecule has 2 nitrogen and oxygen atoms in total. The average molecular weight is 245 g/mol. The lowest BCUT2D eigenvalue weighted by molar-refractivity contribution is 0.415. The molecular weight excluding hydrogens is 222 g/mol. The zero-order chi connectivity index (χ0) is 12.6. The van der Waals surface area contributed by atoms with Crippen LogP contribution in [0.5, 0.6) is 5.75 Å². The summed E-state index contributed by atoms with van der Waals surface area (Å²) in [6.07, 6.45) is 11.1. The Bertz CT molecular complexity index is 369. The van der Waals surface area contributed by atoms with Crippen LogP contribution in [0.15, 0.2) is 36.4 Å². The van der Waals surface area contributed by atoms with Crippen molar-refractivity contribution < 1.29 is 4.74 Å². The van der Waals surface area contributed by atoms with Gasteiger partial charge in [-0.25, -0.2) is 0 Å². The molecule has 0 fully saturated rings. The van der Waals surface area contributed by atoms with Crippen molar-refractivity contribution in [1.29, 1.82) is 0 Å². The normalized spacial score (nSPS) is 19.9. The number of methoxy groups -OCH3 is 1. The van der Waals surface area contributed by atoms with Crippen LogP contribution >= 0.6 is 0 Å². The summed E-state index contributed by atoms with van der Waals surface area (Å²) in [5.74, 6) is 1.72. The van der Waals surface area contributed by atoms with Gasteiger partial charge in [0.25, 0.3) is 0 Å². The van der Waals surface area contributed by atoms with Gasteiger partial charge in [-0.05, 0) is 62.3 Å². The minimum Gasteiger partial charge on any atom is -0.497 e. The molecule has 1 aliphatic rings. The first-order valence-electron chi connectivity index (χ1n) is 6.91. The number of rotatable bonds is 4. The van der Waals surface area contributed by atoms with E-state index < -0.39 is 0 Å². The molecule has 98 valence electrons. The molecular formula is C16H23NO. The molecule has 2 heteroatoms. The molecule has 1 unspecified atom stereocenters. The number of hydrogen-bond donors (Lipinski definition) is 1. The molecule has 1 aliphatic carbocycles. The highest BCUT2D eigenvalue weighted by atomic mass is 16.5. The van der Waals surface area contributed by atoms with E-state index >= 15 is 0 Å². The van der Waals surface area contributed by atoms with Crippen molar-refractivity contribution in [3.05, 3.63) is 36.4 Å². The Labute approximate surface area is 110 Å². The van der Waals surface area contributed by atoms with Gasteiger partial charge >= 0.3 is 0 Å². The second-order valence-corrected chi connectivity index (χ2v) is 4.96. The third kappa shape index (κ3) is 4.10. The topological polar surface area (TPSA) is 21.3 Å². The number of hydrogen-bond acceptors (Lipinski definition) is 2. The molecule has 1 atom stereocenters. The molecule has 0 spiro atoms. The second kappa shape index (κ2) is 7.10. The Morgan fingerprint density at radius 3 is 2.67 bits per heavy atom. The standard InChI is InChI=1S/C16H23NO/c1-18-16-11-9-15(10-12-16)17-13-14-7-5-3-2-4-6-8-14/h2-3,9-12,14,17H,4-8,13H2,1H3. The lowest BCUT2D eigenvalue weighted by Crippen LogP contribution is -2.14. The molecule has 2 rings (SSSR count). The maximum absolute atomic E-state index is 5.16. The van der Waals surface area contributed by atoms with E-state index in [0.717, 1.165) is 18.2 Å². The predicted octanol–water partition coefficient (Wildman–Crippen LogP) is 4.24. The van der Waals surface area contributed by atoms with Gasteiger partial charge in [0, 0.05) is 12.2 Å². The average Bonchev–Trinajstić information content (AvgIpc) is 2.38. The van der Waals surface area contributed by atoms with Gasteiger partial charge in [0.2, 0.25) is 0 Å². The van der Waals surface area contributed by atoms with Crippen LogP contribution in [-0.2, 0) is 0 Å². The van der Waals surface area contributed by atoms with Crippen molar-refractivity contribution in [2.75, 3.05) is 19.0 Å². The number of ether oxygens (including phenoxy) is 1. The van der Waals surface area contributed by atoms with Crippen molar-refractivity contribution in [3.8, 4) is 5.75 Å². The Morgan fingerprint density at radius 1 is 1.11 bits per heavy atom. The molecule has 1 aromatic carbocycles. The quantitative estimate of drug-likeness (QED) is 0.801.